The van der Waals surface area contributed by atoms with Crippen LogP contribution in [0.3, 0.4) is 0 Å². The third kappa shape index (κ3) is 2.64. The predicted octanol–water partition coefficient (Wildman–Crippen LogP) is 1.92. The van der Waals surface area contributed by atoms with Gasteiger partial charge in [-0.25, -0.2) is 0 Å². The summed E-state index contributed by atoms with van der Waals surface area (Å²) in [6, 6.07) is 3.99. The first-order valence-electron chi connectivity index (χ1n) is 5.90. The van der Waals surface area contributed by atoms with Crippen molar-refractivity contribution in [3.8, 4) is 11.5 Å². The van der Waals surface area contributed by atoms with Crippen molar-refractivity contribution in [3.63, 3.8) is 0 Å². The summed E-state index contributed by atoms with van der Waals surface area (Å²) in [5.41, 5.74) is 7.77. The van der Waals surface area contributed by atoms with E-state index in [1.807, 2.05) is 19.1 Å². The lowest BCUT2D eigenvalue weighted by atomic mass is 10.0. The van der Waals surface area contributed by atoms with Gasteiger partial charge < -0.3 is 20.5 Å². The SMILES string of the molecule is Cc1cc2c(cc1NC(C)(C)CN)OCCO2. The van der Waals surface area contributed by atoms with E-state index in [0.717, 1.165) is 22.7 Å². The van der Waals surface area contributed by atoms with Crippen LogP contribution in [0, 0.1) is 6.92 Å². The lowest BCUT2D eigenvalue weighted by molar-refractivity contribution is 0.171. The second-order valence-electron chi connectivity index (χ2n) is 5.02. The van der Waals surface area contributed by atoms with Gasteiger partial charge in [-0.05, 0) is 32.4 Å². The number of hydrogen-bond donors (Lipinski definition) is 2. The minimum absolute atomic E-state index is 0.130. The molecule has 1 heterocycles. The number of hydrogen-bond acceptors (Lipinski definition) is 4. The van der Waals surface area contributed by atoms with Crippen molar-refractivity contribution in [1.82, 2.24) is 0 Å². The van der Waals surface area contributed by atoms with E-state index in [-0.39, 0.29) is 5.54 Å². The molecule has 4 heteroatoms. The smallest absolute Gasteiger partial charge is 0.163 e. The Labute approximate surface area is 102 Å². The van der Waals surface area contributed by atoms with Crippen LogP contribution in [0.15, 0.2) is 12.1 Å². The van der Waals surface area contributed by atoms with Crippen LogP contribution in [0.5, 0.6) is 11.5 Å². The predicted molar refractivity (Wildman–Crippen MR) is 68.9 cm³/mol. The number of nitrogens with two attached hydrogens (primary N) is 1. The fraction of sp³-hybridized carbons (Fsp3) is 0.538. The van der Waals surface area contributed by atoms with Crippen molar-refractivity contribution in [2.45, 2.75) is 26.3 Å². The Morgan fingerprint density at radius 1 is 1.24 bits per heavy atom. The van der Waals surface area contributed by atoms with Gasteiger partial charge in [0, 0.05) is 23.8 Å². The van der Waals surface area contributed by atoms with Gasteiger partial charge in [0.05, 0.1) is 0 Å². The van der Waals surface area contributed by atoms with Crippen molar-refractivity contribution in [3.05, 3.63) is 17.7 Å². The lowest BCUT2D eigenvalue weighted by Crippen LogP contribution is -2.39. The summed E-state index contributed by atoms with van der Waals surface area (Å²) in [7, 11) is 0. The molecule has 1 aromatic rings. The number of ether oxygens (including phenoxy) is 2. The summed E-state index contributed by atoms with van der Waals surface area (Å²) in [4.78, 5) is 0. The van der Waals surface area contributed by atoms with E-state index in [1.165, 1.54) is 0 Å². The van der Waals surface area contributed by atoms with Crippen LogP contribution < -0.4 is 20.5 Å². The van der Waals surface area contributed by atoms with Crippen LogP contribution in [-0.2, 0) is 0 Å². The van der Waals surface area contributed by atoms with Crippen LogP contribution in [0.4, 0.5) is 5.69 Å². The maximum Gasteiger partial charge on any atom is 0.163 e. The van der Waals surface area contributed by atoms with Crippen LogP contribution in [-0.4, -0.2) is 25.3 Å². The molecule has 0 fully saturated rings. The number of fused-ring (bicyclic) bond motifs is 1. The number of nitrogens with one attached hydrogen (secondary N) is 1. The summed E-state index contributed by atoms with van der Waals surface area (Å²) < 4.78 is 11.1. The standard InChI is InChI=1S/C13H20N2O2/c1-9-6-11-12(17-5-4-16-11)7-10(9)15-13(2,3)8-14/h6-7,15H,4-5,8,14H2,1-3H3. The molecule has 1 aromatic carbocycles. The molecule has 3 N–H and O–H groups in total. The molecule has 2 rings (SSSR count). The highest BCUT2D eigenvalue weighted by Crippen LogP contribution is 2.36. The fourth-order valence-electron chi connectivity index (χ4n) is 1.74. The normalized spacial score (nSPS) is 14.6. The van der Waals surface area contributed by atoms with E-state index in [4.69, 9.17) is 15.2 Å². The number of aryl methyl sites for hydroxylation is 1. The van der Waals surface area contributed by atoms with E-state index in [9.17, 15) is 0 Å². The zero-order valence-corrected chi connectivity index (χ0v) is 10.7. The van der Waals surface area contributed by atoms with E-state index in [1.54, 1.807) is 0 Å². The zero-order valence-electron chi connectivity index (χ0n) is 10.7. The summed E-state index contributed by atoms with van der Waals surface area (Å²) in [6.07, 6.45) is 0. The molecular weight excluding hydrogens is 216 g/mol. The van der Waals surface area contributed by atoms with Crippen LogP contribution >= 0.6 is 0 Å². The van der Waals surface area contributed by atoms with E-state index in [2.05, 4.69) is 19.2 Å². The monoisotopic (exact) mass is 236 g/mol. The Morgan fingerprint density at radius 3 is 2.41 bits per heavy atom. The molecule has 0 saturated carbocycles. The van der Waals surface area contributed by atoms with E-state index in [0.29, 0.717) is 19.8 Å². The van der Waals surface area contributed by atoms with Gasteiger partial charge in [0.25, 0.3) is 0 Å². The number of anilines is 1. The van der Waals surface area contributed by atoms with Crippen molar-refractivity contribution in [2.75, 3.05) is 25.1 Å². The van der Waals surface area contributed by atoms with Crippen LogP contribution in [0.2, 0.25) is 0 Å². The first-order valence-corrected chi connectivity index (χ1v) is 5.90. The molecule has 0 spiro atoms. The second kappa shape index (κ2) is 4.45. The Balaban J connectivity index is 2.29. The topological polar surface area (TPSA) is 56.5 Å². The molecule has 0 bridgehead atoms. The summed E-state index contributed by atoms with van der Waals surface area (Å²) in [6.45, 7) is 7.99. The first-order chi connectivity index (χ1) is 8.02. The Morgan fingerprint density at radius 2 is 1.82 bits per heavy atom. The molecule has 0 atom stereocenters. The zero-order chi connectivity index (χ0) is 12.5. The van der Waals surface area contributed by atoms with Crippen molar-refractivity contribution < 1.29 is 9.47 Å². The molecule has 0 aromatic heterocycles. The third-order valence-corrected chi connectivity index (χ3v) is 2.87. The molecule has 0 saturated heterocycles. The van der Waals surface area contributed by atoms with Crippen LogP contribution in [0.25, 0.3) is 0 Å². The van der Waals surface area contributed by atoms with Gasteiger partial charge in [-0.3, -0.25) is 0 Å². The number of rotatable bonds is 3. The molecule has 4 nitrogen and oxygen atoms in total. The third-order valence-electron chi connectivity index (χ3n) is 2.87. The summed E-state index contributed by atoms with van der Waals surface area (Å²) >= 11 is 0. The average molecular weight is 236 g/mol. The summed E-state index contributed by atoms with van der Waals surface area (Å²) in [5.74, 6) is 1.63. The molecule has 0 amide bonds. The Kier molecular flexibility index (Phi) is 3.15. The molecule has 1 aliphatic rings. The first kappa shape index (κ1) is 12.0. The summed E-state index contributed by atoms with van der Waals surface area (Å²) in [5, 5.41) is 3.43. The second-order valence-corrected chi connectivity index (χ2v) is 5.02. The minimum Gasteiger partial charge on any atom is -0.486 e. The molecule has 0 unspecified atom stereocenters. The van der Waals surface area contributed by atoms with Gasteiger partial charge >= 0.3 is 0 Å². The Hall–Kier alpha value is -1.42. The van der Waals surface area contributed by atoms with Gasteiger partial charge in [0.1, 0.15) is 13.2 Å². The van der Waals surface area contributed by atoms with E-state index < -0.39 is 0 Å². The largest absolute Gasteiger partial charge is 0.486 e. The average Bonchev–Trinajstić information content (AvgIpc) is 2.30. The van der Waals surface area contributed by atoms with Gasteiger partial charge in [-0.1, -0.05) is 0 Å². The fourth-order valence-corrected chi connectivity index (χ4v) is 1.74. The molecule has 1 aliphatic heterocycles. The Bertz CT molecular complexity index is 416. The van der Waals surface area contributed by atoms with Crippen LogP contribution in [0.1, 0.15) is 19.4 Å². The van der Waals surface area contributed by atoms with Crippen molar-refractivity contribution >= 4 is 5.69 Å². The molecular formula is C13H20N2O2. The van der Waals surface area contributed by atoms with Gasteiger partial charge in [-0.15, -0.1) is 0 Å². The van der Waals surface area contributed by atoms with Gasteiger partial charge in [0.2, 0.25) is 0 Å². The van der Waals surface area contributed by atoms with Gasteiger partial charge in [-0.2, -0.15) is 0 Å². The van der Waals surface area contributed by atoms with Crippen molar-refractivity contribution in [1.29, 1.82) is 0 Å². The van der Waals surface area contributed by atoms with E-state index >= 15 is 0 Å². The minimum atomic E-state index is -0.130. The number of benzene rings is 1. The maximum absolute atomic E-state index is 5.72. The highest BCUT2D eigenvalue weighted by atomic mass is 16.6. The lowest BCUT2D eigenvalue weighted by Gasteiger charge is -2.28. The molecule has 94 valence electrons. The van der Waals surface area contributed by atoms with Crippen molar-refractivity contribution in [2.24, 2.45) is 5.73 Å². The highest BCUT2D eigenvalue weighted by molar-refractivity contribution is 5.61. The van der Waals surface area contributed by atoms with Gasteiger partial charge in [0.15, 0.2) is 11.5 Å². The molecule has 0 aliphatic carbocycles. The molecule has 17 heavy (non-hydrogen) atoms. The molecule has 0 radical (unpaired) electrons. The maximum atomic E-state index is 5.72. The highest BCUT2D eigenvalue weighted by Gasteiger charge is 2.19. The quantitative estimate of drug-likeness (QED) is 0.841.